The van der Waals surface area contributed by atoms with Gasteiger partial charge in [-0.25, -0.2) is 4.39 Å². The lowest BCUT2D eigenvalue weighted by Gasteiger charge is -2.06. The summed E-state index contributed by atoms with van der Waals surface area (Å²) >= 11 is 0. The van der Waals surface area contributed by atoms with E-state index in [-0.39, 0.29) is 28.8 Å². The smallest absolute Gasteiger partial charge is 0.329 e. The first-order valence-electron chi connectivity index (χ1n) is 8.04. The standard InChI is InChI=1S/C17H12F4N4O2/c18-11-1-2-13(22-7-11)12-5-10(12)8-25-4-3-9(6-14(25)26)15-23-16(27-24-15)17(19,20)21/h1-4,6-7,10,12H,5,8H2/t10-,12-/m1/s1. The fraction of sp³-hybridized carbons (Fsp3) is 0.294. The highest BCUT2D eigenvalue weighted by molar-refractivity contribution is 5.52. The van der Waals surface area contributed by atoms with Crippen molar-refractivity contribution in [2.24, 2.45) is 5.92 Å². The van der Waals surface area contributed by atoms with Crippen LogP contribution in [0.2, 0.25) is 0 Å². The summed E-state index contributed by atoms with van der Waals surface area (Å²) in [7, 11) is 0. The van der Waals surface area contributed by atoms with E-state index in [2.05, 4.69) is 19.6 Å². The van der Waals surface area contributed by atoms with Crippen molar-refractivity contribution < 1.29 is 22.1 Å². The van der Waals surface area contributed by atoms with Crippen LogP contribution in [0.25, 0.3) is 11.4 Å². The molecule has 0 aromatic carbocycles. The van der Waals surface area contributed by atoms with Crippen LogP contribution in [0, 0.1) is 11.7 Å². The normalized spacial score (nSPS) is 19.3. The van der Waals surface area contributed by atoms with Crippen LogP contribution in [-0.4, -0.2) is 19.7 Å². The second-order valence-electron chi connectivity index (χ2n) is 6.33. The summed E-state index contributed by atoms with van der Waals surface area (Å²) in [6.07, 6.45) is -1.28. The third kappa shape index (κ3) is 3.60. The Morgan fingerprint density at radius 1 is 1.26 bits per heavy atom. The van der Waals surface area contributed by atoms with Gasteiger partial charge >= 0.3 is 12.1 Å². The van der Waals surface area contributed by atoms with Gasteiger partial charge in [-0.15, -0.1) is 0 Å². The Morgan fingerprint density at radius 2 is 2.07 bits per heavy atom. The van der Waals surface area contributed by atoms with Crippen LogP contribution >= 0.6 is 0 Å². The van der Waals surface area contributed by atoms with E-state index in [0.717, 1.165) is 18.3 Å². The molecule has 0 radical (unpaired) electrons. The van der Waals surface area contributed by atoms with E-state index in [1.807, 2.05) is 0 Å². The Bertz CT molecular complexity index is 1030. The monoisotopic (exact) mass is 380 g/mol. The highest BCUT2D eigenvalue weighted by Gasteiger charge is 2.40. The number of hydrogen-bond acceptors (Lipinski definition) is 5. The van der Waals surface area contributed by atoms with Crippen LogP contribution in [0.15, 0.2) is 46.0 Å². The maximum absolute atomic E-state index is 12.9. The van der Waals surface area contributed by atoms with Crippen LogP contribution in [0.4, 0.5) is 17.6 Å². The molecule has 10 heteroatoms. The first-order chi connectivity index (χ1) is 12.8. The van der Waals surface area contributed by atoms with Crippen LogP contribution in [-0.2, 0) is 12.7 Å². The average molecular weight is 380 g/mol. The Hall–Kier alpha value is -3.04. The van der Waals surface area contributed by atoms with Gasteiger partial charge in [0.2, 0.25) is 5.82 Å². The number of nitrogens with zero attached hydrogens (tertiary/aromatic N) is 4. The number of aromatic nitrogens is 4. The predicted octanol–water partition coefficient (Wildman–Crippen LogP) is 3.25. The van der Waals surface area contributed by atoms with Gasteiger partial charge in [-0.1, -0.05) is 5.16 Å². The molecule has 140 valence electrons. The Morgan fingerprint density at radius 3 is 2.70 bits per heavy atom. The van der Waals surface area contributed by atoms with Gasteiger partial charge in [0.15, 0.2) is 0 Å². The molecule has 0 aliphatic heterocycles. The van der Waals surface area contributed by atoms with Gasteiger partial charge in [0, 0.05) is 36.0 Å². The molecule has 0 bridgehead atoms. The van der Waals surface area contributed by atoms with Gasteiger partial charge in [0.1, 0.15) is 5.82 Å². The van der Waals surface area contributed by atoms with Gasteiger partial charge in [-0.2, -0.15) is 18.2 Å². The highest BCUT2D eigenvalue weighted by atomic mass is 19.4. The molecule has 1 saturated carbocycles. The first kappa shape index (κ1) is 17.4. The molecule has 1 fully saturated rings. The molecule has 1 aliphatic rings. The molecule has 0 amide bonds. The molecule has 3 heterocycles. The van der Waals surface area contributed by atoms with Crippen molar-refractivity contribution in [2.45, 2.75) is 25.1 Å². The zero-order valence-corrected chi connectivity index (χ0v) is 13.7. The van der Waals surface area contributed by atoms with Crippen molar-refractivity contribution in [3.05, 3.63) is 64.4 Å². The van der Waals surface area contributed by atoms with Crippen LogP contribution in [0.3, 0.4) is 0 Å². The van der Waals surface area contributed by atoms with E-state index < -0.39 is 17.9 Å². The van der Waals surface area contributed by atoms with Crippen molar-refractivity contribution in [2.75, 3.05) is 0 Å². The van der Waals surface area contributed by atoms with Crippen molar-refractivity contribution in [3.63, 3.8) is 0 Å². The molecule has 27 heavy (non-hydrogen) atoms. The topological polar surface area (TPSA) is 73.8 Å². The Balaban J connectivity index is 1.47. The van der Waals surface area contributed by atoms with E-state index >= 15 is 0 Å². The second kappa shape index (κ2) is 6.29. The summed E-state index contributed by atoms with van der Waals surface area (Å²) in [5, 5.41) is 3.26. The number of halogens is 4. The van der Waals surface area contributed by atoms with Crippen molar-refractivity contribution >= 4 is 0 Å². The first-order valence-corrected chi connectivity index (χ1v) is 8.04. The minimum Gasteiger partial charge on any atom is -0.329 e. The molecule has 3 aromatic heterocycles. The van der Waals surface area contributed by atoms with Crippen LogP contribution in [0.1, 0.15) is 23.9 Å². The fourth-order valence-electron chi connectivity index (χ4n) is 2.92. The molecule has 0 N–H and O–H groups in total. The van der Waals surface area contributed by atoms with E-state index in [9.17, 15) is 22.4 Å². The minimum absolute atomic E-state index is 0.142. The molecule has 0 spiro atoms. The van der Waals surface area contributed by atoms with Crippen molar-refractivity contribution in [1.82, 2.24) is 19.7 Å². The molecule has 0 unspecified atom stereocenters. The van der Waals surface area contributed by atoms with E-state index in [4.69, 9.17) is 0 Å². The summed E-state index contributed by atoms with van der Waals surface area (Å²) in [4.78, 5) is 19.6. The molecule has 4 rings (SSSR count). The summed E-state index contributed by atoms with van der Waals surface area (Å²) in [5.41, 5.74) is 0.532. The summed E-state index contributed by atoms with van der Waals surface area (Å²) in [6, 6.07) is 5.59. The lowest BCUT2D eigenvalue weighted by Crippen LogP contribution is -2.20. The molecule has 0 saturated heterocycles. The Labute approximate surface area is 149 Å². The highest BCUT2D eigenvalue weighted by Crippen LogP contribution is 2.47. The molecule has 3 aromatic rings. The predicted molar refractivity (Wildman–Crippen MR) is 84.0 cm³/mol. The number of pyridine rings is 2. The lowest BCUT2D eigenvalue weighted by molar-refractivity contribution is -0.159. The summed E-state index contributed by atoms with van der Waals surface area (Å²) in [5.74, 6) is -1.82. The quantitative estimate of drug-likeness (QED) is 0.650. The minimum atomic E-state index is -4.74. The third-order valence-corrected chi connectivity index (χ3v) is 4.41. The SMILES string of the molecule is O=c1cc(-c2noc(C(F)(F)F)n2)ccn1C[C@H]1C[C@H]1c1ccc(F)cn1. The zero-order valence-electron chi connectivity index (χ0n) is 13.7. The molecule has 6 nitrogen and oxygen atoms in total. The Kier molecular flexibility index (Phi) is 4.05. The number of alkyl halides is 3. The van der Waals surface area contributed by atoms with E-state index in [1.165, 1.54) is 29.0 Å². The maximum atomic E-state index is 12.9. The molecule has 1 aliphatic carbocycles. The van der Waals surface area contributed by atoms with Crippen molar-refractivity contribution in [1.29, 1.82) is 0 Å². The fourth-order valence-corrected chi connectivity index (χ4v) is 2.92. The number of hydrogen-bond donors (Lipinski definition) is 0. The summed E-state index contributed by atoms with van der Waals surface area (Å²) < 4.78 is 56.1. The van der Waals surface area contributed by atoms with Gasteiger partial charge in [0.05, 0.1) is 6.20 Å². The van der Waals surface area contributed by atoms with Gasteiger partial charge < -0.3 is 9.09 Å². The van der Waals surface area contributed by atoms with Gasteiger partial charge in [0.25, 0.3) is 5.56 Å². The zero-order chi connectivity index (χ0) is 19.2. The van der Waals surface area contributed by atoms with E-state index in [1.54, 1.807) is 6.07 Å². The summed E-state index contributed by atoms with van der Waals surface area (Å²) in [6.45, 7) is 0.433. The van der Waals surface area contributed by atoms with Crippen LogP contribution in [0.5, 0.6) is 0 Å². The van der Waals surface area contributed by atoms with Crippen LogP contribution < -0.4 is 5.56 Å². The largest absolute Gasteiger partial charge is 0.471 e. The molecular formula is C17H12F4N4O2. The molecule has 2 atom stereocenters. The van der Waals surface area contributed by atoms with E-state index in [0.29, 0.717) is 6.54 Å². The van der Waals surface area contributed by atoms with Crippen molar-refractivity contribution in [3.8, 4) is 11.4 Å². The number of rotatable bonds is 4. The maximum Gasteiger partial charge on any atom is 0.471 e. The molecular weight excluding hydrogens is 368 g/mol. The average Bonchev–Trinajstić information content (AvgIpc) is 3.17. The lowest BCUT2D eigenvalue weighted by atomic mass is 10.2. The second-order valence-corrected chi connectivity index (χ2v) is 6.33. The van der Waals surface area contributed by atoms with Gasteiger partial charge in [-0.3, -0.25) is 9.78 Å². The van der Waals surface area contributed by atoms with Gasteiger partial charge in [-0.05, 0) is 30.5 Å². The third-order valence-electron chi connectivity index (χ3n) is 4.41.